The zero-order valence-electron chi connectivity index (χ0n) is 14.7. The summed E-state index contributed by atoms with van der Waals surface area (Å²) in [5, 5.41) is 11.0. The van der Waals surface area contributed by atoms with Crippen LogP contribution in [0.3, 0.4) is 0 Å². The number of aromatic nitrogens is 2. The van der Waals surface area contributed by atoms with Crippen LogP contribution in [0.5, 0.6) is 5.75 Å². The number of ether oxygens (including phenoxy) is 1. The summed E-state index contributed by atoms with van der Waals surface area (Å²) < 4.78 is 10.2. The zero-order valence-corrected chi connectivity index (χ0v) is 16.5. The lowest BCUT2D eigenvalue weighted by Crippen LogP contribution is -2.16. The molecule has 0 unspecified atom stereocenters. The monoisotopic (exact) mass is 362 g/mol. The maximum absolute atomic E-state index is 12.3. The van der Waals surface area contributed by atoms with Crippen LogP contribution in [0.2, 0.25) is 19.6 Å². The largest absolute Gasteiger partial charge is 0.505 e. The van der Waals surface area contributed by atoms with Gasteiger partial charge in [-0.3, -0.25) is 0 Å². The first kappa shape index (κ1) is 18.4. The predicted octanol–water partition coefficient (Wildman–Crippen LogP) is 3.89. The minimum Gasteiger partial charge on any atom is -0.505 e. The van der Waals surface area contributed by atoms with E-state index < -0.39 is 14.0 Å². The van der Waals surface area contributed by atoms with Crippen LogP contribution in [-0.4, -0.2) is 35.1 Å². The molecule has 0 bridgehead atoms. The molecule has 0 aromatic carbocycles. The van der Waals surface area contributed by atoms with E-state index in [0.717, 1.165) is 12.8 Å². The summed E-state index contributed by atoms with van der Waals surface area (Å²) in [7, 11) is -1.60. The molecule has 0 saturated carbocycles. The van der Waals surface area contributed by atoms with Crippen LogP contribution in [0, 0.1) is 18.4 Å². The number of carbonyl (C=O) groups is 1. The van der Waals surface area contributed by atoms with E-state index in [2.05, 4.69) is 40.5 Å². The van der Waals surface area contributed by atoms with Crippen molar-refractivity contribution >= 4 is 35.7 Å². The molecule has 7 heteroatoms. The van der Waals surface area contributed by atoms with Gasteiger partial charge in [0, 0.05) is 0 Å². The van der Waals surface area contributed by atoms with Gasteiger partial charge < -0.3 is 9.84 Å². The van der Waals surface area contributed by atoms with Gasteiger partial charge in [-0.05, 0) is 24.9 Å². The Kier molecular flexibility index (Phi) is 5.62. The maximum Gasteiger partial charge on any atom is 0.360 e. The van der Waals surface area contributed by atoms with Crippen LogP contribution in [-0.2, 0) is 4.74 Å². The van der Waals surface area contributed by atoms with Crippen molar-refractivity contribution in [2.45, 2.75) is 46.3 Å². The second-order valence-electron chi connectivity index (χ2n) is 6.62. The highest BCUT2D eigenvalue weighted by Gasteiger charge is 2.23. The summed E-state index contributed by atoms with van der Waals surface area (Å²) in [5.74, 6) is 2.29. The van der Waals surface area contributed by atoms with Gasteiger partial charge in [-0.15, -0.1) is 5.54 Å². The third kappa shape index (κ3) is 4.13. The summed E-state index contributed by atoms with van der Waals surface area (Å²) in [6.45, 7) is 10.5. The Bertz CT molecular complexity index is 828. The molecule has 0 spiro atoms. The van der Waals surface area contributed by atoms with Crippen LogP contribution in [0.15, 0.2) is 0 Å². The van der Waals surface area contributed by atoms with Crippen molar-refractivity contribution in [3.8, 4) is 17.2 Å². The molecule has 0 aliphatic carbocycles. The van der Waals surface area contributed by atoms with E-state index in [9.17, 15) is 9.90 Å². The molecule has 1 N–H and O–H groups in total. The molecule has 24 heavy (non-hydrogen) atoms. The van der Waals surface area contributed by atoms with E-state index in [0.29, 0.717) is 28.1 Å². The van der Waals surface area contributed by atoms with E-state index in [-0.39, 0.29) is 11.4 Å². The van der Waals surface area contributed by atoms with Gasteiger partial charge in [0.25, 0.3) is 0 Å². The van der Waals surface area contributed by atoms with Crippen LogP contribution >= 0.6 is 11.5 Å². The summed E-state index contributed by atoms with van der Waals surface area (Å²) >= 11 is 1.24. The van der Waals surface area contributed by atoms with Gasteiger partial charge in [0.05, 0.1) is 22.4 Å². The number of pyridine rings is 1. The molecule has 0 saturated heterocycles. The van der Waals surface area contributed by atoms with Crippen molar-refractivity contribution in [3.63, 3.8) is 0 Å². The van der Waals surface area contributed by atoms with Crippen molar-refractivity contribution in [1.29, 1.82) is 0 Å². The molecule has 0 atom stereocenters. The molecule has 0 fully saturated rings. The van der Waals surface area contributed by atoms with Crippen molar-refractivity contribution in [2.75, 3.05) is 6.61 Å². The lowest BCUT2D eigenvalue weighted by molar-refractivity contribution is 0.0489. The smallest absolute Gasteiger partial charge is 0.360 e. The fourth-order valence-electron chi connectivity index (χ4n) is 2.00. The summed E-state index contributed by atoms with van der Waals surface area (Å²) in [5.41, 5.74) is 4.31. The number of unbranched alkanes of at least 4 members (excludes halogenated alkanes) is 1. The first-order valence-corrected chi connectivity index (χ1v) is 12.2. The molecule has 5 nitrogen and oxygen atoms in total. The van der Waals surface area contributed by atoms with Gasteiger partial charge in [-0.2, -0.15) is 4.37 Å². The fraction of sp³-hybridized carbons (Fsp3) is 0.471. The summed E-state index contributed by atoms with van der Waals surface area (Å²) in [6.07, 6.45) is 1.70. The average molecular weight is 363 g/mol. The topological polar surface area (TPSA) is 72.3 Å². The third-order valence-corrected chi connectivity index (χ3v) is 5.06. The van der Waals surface area contributed by atoms with Crippen molar-refractivity contribution in [3.05, 3.63) is 17.1 Å². The highest BCUT2D eigenvalue weighted by Crippen LogP contribution is 2.34. The first-order valence-electron chi connectivity index (χ1n) is 7.94. The molecule has 0 amide bonds. The van der Waals surface area contributed by atoms with Crippen LogP contribution < -0.4 is 0 Å². The Morgan fingerprint density at radius 3 is 2.71 bits per heavy atom. The number of hydrogen-bond acceptors (Lipinski definition) is 6. The van der Waals surface area contributed by atoms with Crippen molar-refractivity contribution in [1.82, 2.24) is 9.36 Å². The van der Waals surface area contributed by atoms with Crippen LogP contribution in [0.4, 0.5) is 0 Å². The molecule has 2 rings (SSSR count). The highest BCUT2D eigenvalue weighted by molar-refractivity contribution is 7.13. The van der Waals surface area contributed by atoms with Gasteiger partial charge in [0.2, 0.25) is 0 Å². The van der Waals surface area contributed by atoms with E-state index in [4.69, 9.17) is 4.74 Å². The average Bonchev–Trinajstić information content (AvgIpc) is 2.88. The Hall–Kier alpha value is -1.91. The van der Waals surface area contributed by atoms with Gasteiger partial charge >= 0.3 is 5.97 Å². The number of aromatic hydroxyl groups is 1. The van der Waals surface area contributed by atoms with E-state index in [1.54, 1.807) is 6.92 Å². The number of esters is 1. The van der Waals surface area contributed by atoms with E-state index in [1.165, 1.54) is 11.5 Å². The standard InChI is InChI=1S/C17H22N2O3SSi/c1-6-7-9-22-17(21)14-15(20)13-11(2)19-23-16(13)12(18-14)8-10-24(3,4)5/h20H,6-7,9H2,1-5H3. The number of rotatable bonds is 4. The number of hydrogen-bond donors (Lipinski definition) is 1. The van der Waals surface area contributed by atoms with Gasteiger partial charge in [0.15, 0.2) is 11.4 Å². The molecule has 2 heterocycles. The number of nitrogens with zero attached hydrogens (tertiary/aromatic N) is 2. The molecule has 0 radical (unpaired) electrons. The fourth-order valence-corrected chi connectivity index (χ4v) is 3.33. The predicted molar refractivity (Wildman–Crippen MR) is 99.2 cm³/mol. The second-order valence-corrected chi connectivity index (χ2v) is 12.1. The summed E-state index contributed by atoms with van der Waals surface area (Å²) in [6, 6.07) is 0. The molecule has 2 aromatic heterocycles. The number of fused-ring (bicyclic) bond motifs is 1. The molecule has 128 valence electrons. The third-order valence-electron chi connectivity index (χ3n) is 3.24. The van der Waals surface area contributed by atoms with Crippen molar-refractivity contribution in [2.24, 2.45) is 0 Å². The molecule has 0 aliphatic rings. The Balaban J connectivity index is 2.55. The Labute approximate surface area is 147 Å². The van der Waals surface area contributed by atoms with Gasteiger partial charge in [-0.25, -0.2) is 9.78 Å². The lowest BCUT2D eigenvalue weighted by atomic mass is 10.1. The highest BCUT2D eigenvalue weighted by atomic mass is 32.1. The van der Waals surface area contributed by atoms with Crippen molar-refractivity contribution < 1.29 is 14.6 Å². The van der Waals surface area contributed by atoms with E-state index >= 15 is 0 Å². The molecule has 0 aliphatic heterocycles. The number of aryl methyl sites for hydroxylation is 1. The molecular weight excluding hydrogens is 340 g/mol. The SMILES string of the molecule is CCCCOC(=O)c1nc(C#C[Si](C)(C)C)c2snc(C)c2c1O. The Morgan fingerprint density at radius 2 is 2.08 bits per heavy atom. The number of carbonyl (C=O) groups excluding carboxylic acids is 1. The normalized spacial score (nSPS) is 11.2. The minimum absolute atomic E-state index is 0.0817. The first-order chi connectivity index (χ1) is 11.2. The van der Waals surface area contributed by atoms with Gasteiger partial charge in [-0.1, -0.05) is 38.9 Å². The zero-order chi connectivity index (χ0) is 17.9. The quantitative estimate of drug-likeness (QED) is 0.387. The Morgan fingerprint density at radius 1 is 1.38 bits per heavy atom. The van der Waals surface area contributed by atoms with Crippen LogP contribution in [0.1, 0.15) is 41.6 Å². The summed E-state index contributed by atoms with van der Waals surface area (Å²) in [4.78, 5) is 16.6. The van der Waals surface area contributed by atoms with Crippen LogP contribution in [0.25, 0.3) is 10.1 Å². The molecule has 2 aromatic rings. The van der Waals surface area contributed by atoms with E-state index in [1.807, 2.05) is 6.92 Å². The molecular formula is C17H22N2O3SSi. The van der Waals surface area contributed by atoms with Gasteiger partial charge in [0.1, 0.15) is 13.8 Å². The second kappa shape index (κ2) is 7.32. The minimum atomic E-state index is -1.60. The maximum atomic E-state index is 12.3. The lowest BCUT2D eigenvalue weighted by Gasteiger charge is -2.08.